The second-order valence-corrected chi connectivity index (χ2v) is 4.18. The van der Waals surface area contributed by atoms with Crippen LogP contribution in [0.2, 0.25) is 0 Å². The van der Waals surface area contributed by atoms with Gasteiger partial charge in [0.25, 0.3) is 0 Å². The van der Waals surface area contributed by atoms with Crippen LogP contribution in [-0.4, -0.2) is 11.7 Å². The fraction of sp³-hybridized carbons (Fsp3) is 0.200. The van der Waals surface area contributed by atoms with E-state index < -0.39 is 0 Å². The van der Waals surface area contributed by atoms with E-state index in [0.717, 1.165) is 16.9 Å². The SMILES string of the molecule is Cc1cccc(N)c1Oc1ccccc1CCO. The Labute approximate surface area is 107 Å². The van der Waals surface area contributed by atoms with Crippen LogP contribution in [0, 0.1) is 6.92 Å². The van der Waals surface area contributed by atoms with Crippen molar-refractivity contribution >= 4 is 5.69 Å². The summed E-state index contributed by atoms with van der Waals surface area (Å²) in [7, 11) is 0. The van der Waals surface area contributed by atoms with Gasteiger partial charge in [-0.2, -0.15) is 0 Å². The van der Waals surface area contributed by atoms with Gasteiger partial charge in [0.1, 0.15) is 5.75 Å². The van der Waals surface area contributed by atoms with E-state index >= 15 is 0 Å². The van der Waals surface area contributed by atoms with E-state index in [1.165, 1.54) is 0 Å². The molecule has 94 valence electrons. The number of aryl methyl sites for hydroxylation is 1. The second-order valence-electron chi connectivity index (χ2n) is 4.18. The Kier molecular flexibility index (Phi) is 3.85. The van der Waals surface area contributed by atoms with Gasteiger partial charge >= 0.3 is 0 Å². The average Bonchev–Trinajstić information content (AvgIpc) is 2.36. The Morgan fingerprint density at radius 1 is 1.11 bits per heavy atom. The quantitative estimate of drug-likeness (QED) is 0.812. The molecule has 0 radical (unpaired) electrons. The van der Waals surface area contributed by atoms with Crippen LogP contribution < -0.4 is 10.5 Å². The second kappa shape index (κ2) is 5.56. The summed E-state index contributed by atoms with van der Waals surface area (Å²) in [5.41, 5.74) is 8.51. The molecule has 18 heavy (non-hydrogen) atoms. The number of rotatable bonds is 4. The summed E-state index contributed by atoms with van der Waals surface area (Å²) in [6, 6.07) is 13.3. The zero-order valence-electron chi connectivity index (χ0n) is 10.4. The minimum absolute atomic E-state index is 0.101. The van der Waals surface area contributed by atoms with Gasteiger partial charge in [0.15, 0.2) is 5.75 Å². The van der Waals surface area contributed by atoms with Crippen molar-refractivity contribution < 1.29 is 9.84 Å². The number of para-hydroxylation sites is 2. The van der Waals surface area contributed by atoms with Crippen LogP contribution in [0.3, 0.4) is 0 Å². The standard InChI is InChI=1S/C15H17NO2/c1-11-5-4-7-13(16)15(11)18-14-8-3-2-6-12(14)9-10-17/h2-8,17H,9-10,16H2,1H3. The fourth-order valence-corrected chi connectivity index (χ4v) is 1.85. The number of hydrogen-bond acceptors (Lipinski definition) is 3. The van der Waals surface area contributed by atoms with E-state index in [-0.39, 0.29) is 6.61 Å². The highest BCUT2D eigenvalue weighted by molar-refractivity contribution is 5.58. The number of nitrogens with two attached hydrogens (primary N) is 1. The molecule has 0 aliphatic carbocycles. The molecule has 2 aromatic rings. The van der Waals surface area contributed by atoms with E-state index in [1.54, 1.807) is 0 Å². The first-order valence-corrected chi connectivity index (χ1v) is 5.94. The molecular formula is C15H17NO2. The van der Waals surface area contributed by atoms with Crippen LogP contribution in [0.1, 0.15) is 11.1 Å². The Morgan fingerprint density at radius 3 is 2.61 bits per heavy atom. The summed E-state index contributed by atoms with van der Waals surface area (Å²) in [6.45, 7) is 2.06. The van der Waals surface area contributed by atoms with Crippen molar-refractivity contribution in [3.05, 3.63) is 53.6 Å². The van der Waals surface area contributed by atoms with Gasteiger partial charge in [-0.1, -0.05) is 30.3 Å². The molecule has 3 nitrogen and oxygen atoms in total. The van der Waals surface area contributed by atoms with Gasteiger partial charge in [0.05, 0.1) is 5.69 Å². The summed E-state index contributed by atoms with van der Waals surface area (Å²) in [5, 5.41) is 9.04. The van der Waals surface area contributed by atoms with Gasteiger partial charge in [0.2, 0.25) is 0 Å². The molecule has 0 heterocycles. The van der Waals surface area contributed by atoms with Gasteiger partial charge in [-0.05, 0) is 36.6 Å². The van der Waals surface area contributed by atoms with Crippen molar-refractivity contribution in [1.29, 1.82) is 0 Å². The molecule has 0 amide bonds. The number of benzene rings is 2. The molecule has 0 aromatic heterocycles. The van der Waals surface area contributed by atoms with E-state index in [2.05, 4.69) is 0 Å². The zero-order valence-corrected chi connectivity index (χ0v) is 10.4. The van der Waals surface area contributed by atoms with E-state index in [4.69, 9.17) is 15.6 Å². The van der Waals surface area contributed by atoms with Gasteiger partial charge in [-0.25, -0.2) is 0 Å². The summed E-state index contributed by atoms with van der Waals surface area (Å²) < 4.78 is 5.89. The van der Waals surface area contributed by atoms with Gasteiger partial charge in [-0.3, -0.25) is 0 Å². The molecule has 3 heteroatoms. The number of hydrogen-bond donors (Lipinski definition) is 2. The Hall–Kier alpha value is -2.00. The van der Waals surface area contributed by atoms with Crippen molar-refractivity contribution in [2.45, 2.75) is 13.3 Å². The highest BCUT2D eigenvalue weighted by atomic mass is 16.5. The van der Waals surface area contributed by atoms with E-state index in [0.29, 0.717) is 17.9 Å². The molecule has 0 bridgehead atoms. The average molecular weight is 243 g/mol. The summed E-state index contributed by atoms with van der Waals surface area (Å²) in [5.74, 6) is 1.43. The minimum atomic E-state index is 0.101. The maximum atomic E-state index is 9.04. The van der Waals surface area contributed by atoms with Gasteiger partial charge in [-0.15, -0.1) is 0 Å². The first kappa shape index (κ1) is 12.5. The number of nitrogen functional groups attached to an aromatic ring is 1. The van der Waals surface area contributed by atoms with Gasteiger partial charge < -0.3 is 15.6 Å². The third-order valence-electron chi connectivity index (χ3n) is 2.81. The molecule has 2 aromatic carbocycles. The zero-order chi connectivity index (χ0) is 13.0. The normalized spacial score (nSPS) is 10.3. The topological polar surface area (TPSA) is 55.5 Å². The molecule has 0 fully saturated rings. The number of ether oxygens (including phenoxy) is 1. The first-order valence-electron chi connectivity index (χ1n) is 5.94. The summed E-state index contributed by atoms with van der Waals surface area (Å²) in [4.78, 5) is 0. The number of aliphatic hydroxyl groups is 1. The van der Waals surface area contributed by atoms with E-state index in [1.807, 2.05) is 49.4 Å². The van der Waals surface area contributed by atoms with Crippen molar-refractivity contribution in [2.75, 3.05) is 12.3 Å². The molecule has 0 spiro atoms. The van der Waals surface area contributed by atoms with Crippen molar-refractivity contribution in [3.8, 4) is 11.5 Å². The maximum Gasteiger partial charge on any atom is 0.153 e. The van der Waals surface area contributed by atoms with Crippen LogP contribution in [0.25, 0.3) is 0 Å². The van der Waals surface area contributed by atoms with Crippen molar-refractivity contribution in [2.24, 2.45) is 0 Å². The highest BCUT2D eigenvalue weighted by Gasteiger charge is 2.08. The van der Waals surface area contributed by atoms with Crippen LogP contribution in [0.4, 0.5) is 5.69 Å². The molecule has 0 saturated heterocycles. The monoisotopic (exact) mass is 243 g/mol. The number of aliphatic hydroxyl groups excluding tert-OH is 1. The molecule has 0 aliphatic rings. The lowest BCUT2D eigenvalue weighted by Crippen LogP contribution is -1.98. The Morgan fingerprint density at radius 2 is 1.89 bits per heavy atom. The Bertz CT molecular complexity index is 518. The van der Waals surface area contributed by atoms with E-state index in [9.17, 15) is 0 Å². The third-order valence-corrected chi connectivity index (χ3v) is 2.81. The van der Waals surface area contributed by atoms with Crippen molar-refractivity contribution in [3.63, 3.8) is 0 Å². The predicted molar refractivity (Wildman–Crippen MR) is 72.9 cm³/mol. The van der Waals surface area contributed by atoms with Crippen LogP contribution in [-0.2, 0) is 6.42 Å². The molecule has 0 atom stereocenters. The molecule has 3 N–H and O–H groups in total. The molecule has 0 saturated carbocycles. The maximum absolute atomic E-state index is 9.04. The number of anilines is 1. The largest absolute Gasteiger partial charge is 0.455 e. The van der Waals surface area contributed by atoms with Crippen molar-refractivity contribution in [1.82, 2.24) is 0 Å². The summed E-state index contributed by atoms with van der Waals surface area (Å²) >= 11 is 0. The smallest absolute Gasteiger partial charge is 0.153 e. The predicted octanol–water partition coefficient (Wildman–Crippen LogP) is 2.90. The third kappa shape index (κ3) is 2.63. The molecule has 2 rings (SSSR count). The molecule has 0 aliphatic heterocycles. The van der Waals surface area contributed by atoms with Gasteiger partial charge in [0, 0.05) is 6.61 Å². The Balaban J connectivity index is 2.34. The summed E-state index contributed by atoms with van der Waals surface area (Å²) in [6.07, 6.45) is 0.571. The molecular weight excluding hydrogens is 226 g/mol. The minimum Gasteiger partial charge on any atom is -0.455 e. The molecule has 0 unspecified atom stereocenters. The van der Waals surface area contributed by atoms with Crippen LogP contribution >= 0.6 is 0 Å². The highest BCUT2D eigenvalue weighted by Crippen LogP contribution is 2.32. The van der Waals surface area contributed by atoms with Crippen LogP contribution in [0.5, 0.6) is 11.5 Å². The van der Waals surface area contributed by atoms with Crippen LogP contribution in [0.15, 0.2) is 42.5 Å². The fourth-order valence-electron chi connectivity index (χ4n) is 1.85. The lowest BCUT2D eigenvalue weighted by atomic mass is 10.1. The lowest BCUT2D eigenvalue weighted by Gasteiger charge is -2.14. The lowest BCUT2D eigenvalue weighted by molar-refractivity contribution is 0.298. The first-order chi connectivity index (χ1) is 8.72.